The number of aliphatic hydroxyl groups excluding tert-OH is 1. The Morgan fingerprint density at radius 1 is 0.386 bits per heavy atom. The SMILES string of the molecule is CC(C)c1nc(CO)n(Cc2ccncc2)c1Sc1cc(Cl)cc(Cl)c1.CC(C)c1nc(COC(=O)Oc2ccc([N+](=O)[O-])cc2)n(Cc2ccncc2)c1Sc1cc(Cl)cc(Cl)c1.CCOP(=O)(CNC(=O)OCc1nc(C(C)C)c(Sc2cc(Cl)cc(Cl)c2)n1Cc1ccncc1)OCC.CCOP(=O)(CNC(=O)OCc1nc(C(C)C)c(Sc2cc(Cl)cc(Cl)c2)n1Cc1ccncc1)OCC. The van der Waals surface area contributed by atoms with Gasteiger partial charge >= 0.3 is 33.5 Å². The van der Waals surface area contributed by atoms with E-state index in [1.54, 1.807) is 113 Å². The zero-order valence-electron chi connectivity index (χ0n) is 78.1. The average molecular weight is 2180 g/mol. The van der Waals surface area contributed by atoms with E-state index < -0.39 is 38.5 Å². The highest BCUT2D eigenvalue weighted by atomic mass is 35.5. The maximum absolute atomic E-state index is 12.6. The van der Waals surface area contributed by atoms with Gasteiger partial charge in [-0.3, -0.25) is 39.2 Å². The number of nitrogens with one attached hydrogen (secondary N) is 2. The number of halogens is 8. The summed E-state index contributed by atoms with van der Waals surface area (Å²) in [6.07, 6.45) is 10.7. The number of non-ortho nitro benzene ring substituents is 1. The topological polar surface area (TPSA) is 369 Å². The fraction of sp³-hybridized carbons (Fsp3) is 0.316. The summed E-state index contributed by atoms with van der Waals surface area (Å²) in [4.78, 5) is 86.7. The Kier molecular flexibility index (Phi) is 44.7. The van der Waals surface area contributed by atoms with E-state index in [0.29, 0.717) is 89.7 Å². The molecule has 8 aromatic heterocycles. The van der Waals surface area contributed by atoms with E-state index in [0.717, 1.165) is 84.7 Å². The molecule has 0 saturated heterocycles. The maximum Gasteiger partial charge on any atom is 0.514 e. The van der Waals surface area contributed by atoms with Gasteiger partial charge in [0, 0.05) is 121 Å². The molecule has 45 heteroatoms. The molecule has 13 rings (SSSR count). The van der Waals surface area contributed by atoms with Gasteiger partial charge in [-0.05, 0) is 207 Å². The molecule has 8 heterocycles. The van der Waals surface area contributed by atoms with Gasteiger partial charge in [0.05, 0.1) is 80.3 Å². The molecule has 5 aromatic carbocycles. The Balaban J connectivity index is 0.000000194. The van der Waals surface area contributed by atoms with Gasteiger partial charge in [-0.1, -0.05) is 195 Å². The molecule has 3 N–H and O–H groups in total. The van der Waals surface area contributed by atoms with Crippen molar-refractivity contribution < 1.29 is 70.6 Å². The number of alkyl carbamates (subject to hydrolysis) is 2. The van der Waals surface area contributed by atoms with Crippen LogP contribution in [0.2, 0.25) is 40.2 Å². The molecule has 13 aromatic rings. The molecule has 31 nitrogen and oxygen atoms in total. The number of nitrogens with zero attached hydrogens (tertiary/aromatic N) is 13. The number of amides is 2. The third kappa shape index (κ3) is 34.8. The highest BCUT2D eigenvalue weighted by Crippen LogP contribution is 2.49. The lowest BCUT2D eigenvalue weighted by atomic mass is 10.1. The van der Waals surface area contributed by atoms with E-state index in [4.69, 9.17) is 145 Å². The average Bonchev–Trinajstić information content (AvgIpc) is 1.66. The van der Waals surface area contributed by atoms with Gasteiger partial charge in [0.25, 0.3) is 5.69 Å². The first kappa shape index (κ1) is 113. The van der Waals surface area contributed by atoms with E-state index >= 15 is 0 Å². The van der Waals surface area contributed by atoms with Crippen LogP contribution < -0.4 is 15.4 Å². The number of hydrogen-bond donors (Lipinski definition) is 3. The smallest absolute Gasteiger partial charge is 0.441 e. The minimum atomic E-state index is -3.45. The van der Waals surface area contributed by atoms with E-state index in [2.05, 4.69) is 49.4 Å². The van der Waals surface area contributed by atoms with Gasteiger partial charge in [0.2, 0.25) is 0 Å². The molecule has 0 radical (unpaired) electrons. The first-order chi connectivity index (χ1) is 66.9. The van der Waals surface area contributed by atoms with Crippen LogP contribution in [0.1, 0.15) is 175 Å². The summed E-state index contributed by atoms with van der Waals surface area (Å²) in [6.45, 7) is 25.5. The first-order valence-electron chi connectivity index (χ1n) is 43.7. The predicted molar refractivity (Wildman–Crippen MR) is 549 cm³/mol. The second kappa shape index (κ2) is 55.5. The molecule has 744 valence electrons. The molecular formula is C95H103Cl8N15O16P2S4. The van der Waals surface area contributed by atoms with E-state index in [9.17, 15) is 38.7 Å². The molecule has 0 bridgehead atoms. The minimum absolute atomic E-state index is 0.0663. The van der Waals surface area contributed by atoms with Crippen molar-refractivity contribution in [3.8, 4) is 5.75 Å². The lowest BCUT2D eigenvalue weighted by molar-refractivity contribution is -0.384. The number of nitro benzene ring substituents is 1. The van der Waals surface area contributed by atoms with Crippen molar-refractivity contribution in [2.24, 2.45) is 0 Å². The number of rotatable bonds is 41. The third-order valence-corrected chi connectivity index (χ3v) is 29.2. The van der Waals surface area contributed by atoms with Gasteiger partial charge in [0.15, 0.2) is 19.8 Å². The zero-order valence-corrected chi connectivity index (χ0v) is 89.2. The van der Waals surface area contributed by atoms with Crippen LogP contribution in [0.25, 0.3) is 0 Å². The van der Waals surface area contributed by atoms with Crippen LogP contribution in [0, 0.1) is 10.1 Å². The number of carbonyl (C=O) groups excluding carboxylic acids is 3. The van der Waals surface area contributed by atoms with Gasteiger partial charge < -0.3 is 71.1 Å². The Hall–Kier alpha value is -9.27. The second-order valence-electron chi connectivity index (χ2n) is 31.4. The molecule has 0 aliphatic carbocycles. The summed E-state index contributed by atoms with van der Waals surface area (Å²) >= 11 is 55.8. The monoisotopic (exact) mass is 2180 g/mol. The van der Waals surface area contributed by atoms with Gasteiger partial charge in [-0.25, -0.2) is 34.3 Å². The number of nitro groups is 1. The Morgan fingerprint density at radius 3 is 0.864 bits per heavy atom. The molecule has 0 fully saturated rings. The summed E-state index contributed by atoms with van der Waals surface area (Å²) < 4.78 is 75.6. The molecule has 0 aliphatic rings. The molecule has 2 amide bonds. The molecule has 140 heavy (non-hydrogen) atoms. The van der Waals surface area contributed by atoms with Crippen LogP contribution in [0.15, 0.2) is 235 Å². The van der Waals surface area contributed by atoms with Crippen molar-refractivity contribution in [3.63, 3.8) is 0 Å². The standard InChI is InChI=1S/C26H22Cl2N4O5S.2C25H31Cl2N4O5PS.C19H19Cl2N3OS/c1-16(2)24-25(38-22-12-18(27)11-19(28)13-22)31(14-17-7-9-29-10-8-17)23(30-24)15-36-26(33)37-21-5-3-20(4-6-21)32(34)35;2*1-5-35-37(33,36-6-2)16-29-25(32)34-15-22-30-23(17(3)4)24(31(22)14-18-7-9-28-10-8-18)38-21-12-19(26)11-20(27)13-21;1-12(2)18-19(26-16-8-14(20)7-15(21)9-16)24(17(11-25)23-18)10-13-3-5-22-6-4-13/h3-13,16H,14-15H2,1-2H3;2*7-13,17H,5-6,14-16H2,1-4H3,(H,29,32);3-9,12,25H,10-11H2,1-2H3. The summed E-state index contributed by atoms with van der Waals surface area (Å²) in [7, 11) is -6.90. The molecule has 0 unspecified atom stereocenters. The van der Waals surface area contributed by atoms with Gasteiger partial charge in [0.1, 0.15) is 68.3 Å². The van der Waals surface area contributed by atoms with Crippen LogP contribution in [0.5, 0.6) is 5.75 Å². The van der Waals surface area contributed by atoms with Crippen molar-refractivity contribution in [1.82, 2.24) is 68.8 Å². The lowest BCUT2D eigenvalue weighted by Gasteiger charge is -2.17. The van der Waals surface area contributed by atoms with Crippen LogP contribution in [-0.4, -0.2) is 126 Å². The molecule has 0 atom stereocenters. The van der Waals surface area contributed by atoms with Crippen molar-refractivity contribution >= 4 is 179 Å². The van der Waals surface area contributed by atoms with E-state index in [-0.39, 0.29) is 101 Å². The third-order valence-electron chi connectivity index (χ3n) is 19.4. The predicted octanol–water partition coefficient (Wildman–Crippen LogP) is 27.6. The Morgan fingerprint density at radius 2 is 0.629 bits per heavy atom. The number of imidazole rings is 4. The Bertz CT molecular complexity index is 6110. The number of aromatic nitrogens is 12. The molecule has 0 aliphatic heterocycles. The van der Waals surface area contributed by atoms with E-state index in [1.807, 2.05) is 157 Å². The second-order valence-corrected chi connectivity index (χ2v) is 43.2. The number of carbonyl (C=O) groups is 3. The lowest BCUT2D eigenvalue weighted by Crippen LogP contribution is -2.27. The van der Waals surface area contributed by atoms with Crippen LogP contribution in [0.4, 0.5) is 20.1 Å². The molecular weight excluding hydrogens is 2080 g/mol. The number of ether oxygens (including phenoxy) is 4. The van der Waals surface area contributed by atoms with Crippen molar-refractivity contribution in [3.05, 3.63) is 314 Å². The zero-order chi connectivity index (χ0) is 101. The summed E-state index contributed by atoms with van der Waals surface area (Å²) in [5.41, 5.74) is 7.41. The van der Waals surface area contributed by atoms with Crippen molar-refractivity contribution in [2.45, 2.75) is 199 Å². The number of pyridine rings is 4. The summed E-state index contributed by atoms with van der Waals surface area (Å²) in [6, 6.07) is 42.0. The largest absolute Gasteiger partial charge is 0.514 e. The normalized spacial score (nSPS) is 11.4. The van der Waals surface area contributed by atoms with Gasteiger partial charge in [-0.2, -0.15) is 0 Å². The number of benzene rings is 5. The first-order valence-corrected chi connectivity index (χ1v) is 53.4. The minimum Gasteiger partial charge on any atom is -0.441 e. The fourth-order valence-electron chi connectivity index (χ4n) is 13.1. The fourth-order valence-corrected chi connectivity index (χ4v) is 23.5. The van der Waals surface area contributed by atoms with Gasteiger partial charge in [-0.15, -0.1) is 0 Å². The van der Waals surface area contributed by atoms with Crippen molar-refractivity contribution in [2.75, 3.05) is 39.0 Å². The molecule has 0 spiro atoms. The Labute approximate surface area is 868 Å². The number of aliphatic hydroxyl groups is 1. The van der Waals surface area contributed by atoms with E-state index in [1.165, 1.54) is 59.6 Å². The summed E-state index contributed by atoms with van der Waals surface area (Å²) in [5, 5.41) is 33.5. The summed E-state index contributed by atoms with van der Waals surface area (Å²) in [5.74, 6) is 2.83. The highest BCUT2D eigenvalue weighted by Gasteiger charge is 2.31. The maximum atomic E-state index is 12.6. The quantitative estimate of drug-likeness (QED) is 0.00800. The van der Waals surface area contributed by atoms with Crippen molar-refractivity contribution in [1.29, 1.82) is 0 Å². The highest BCUT2D eigenvalue weighted by molar-refractivity contribution is 8.00. The van der Waals surface area contributed by atoms with Crippen LogP contribution in [0.3, 0.4) is 0 Å². The van der Waals surface area contributed by atoms with Crippen LogP contribution >= 0.6 is 155 Å². The number of hydrogen-bond acceptors (Lipinski definition) is 28. The molecule has 0 saturated carbocycles. The van der Waals surface area contributed by atoms with Crippen LogP contribution in [-0.2, 0) is 94.0 Å².